The third-order valence-corrected chi connectivity index (χ3v) is 2.94. The maximum absolute atomic E-state index is 12.8. The fourth-order valence-corrected chi connectivity index (χ4v) is 2.07. The summed E-state index contributed by atoms with van der Waals surface area (Å²) in [6.07, 6.45) is 0.322. The van der Waals surface area contributed by atoms with Crippen molar-refractivity contribution in [2.75, 3.05) is 0 Å². The van der Waals surface area contributed by atoms with Crippen molar-refractivity contribution in [3.63, 3.8) is 0 Å². The summed E-state index contributed by atoms with van der Waals surface area (Å²) in [5, 5.41) is 0. The molecule has 0 radical (unpaired) electrons. The second-order valence-electron chi connectivity index (χ2n) is 5.19. The van der Waals surface area contributed by atoms with Crippen molar-refractivity contribution in [1.29, 1.82) is 0 Å². The summed E-state index contributed by atoms with van der Waals surface area (Å²) in [6, 6.07) is 0. The van der Waals surface area contributed by atoms with E-state index in [0.717, 1.165) is 0 Å². The Balaban J connectivity index is 1.94. The zero-order chi connectivity index (χ0) is 9.85. The van der Waals surface area contributed by atoms with E-state index in [2.05, 4.69) is 0 Å². The molecule has 13 heavy (non-hydrogen) atoms. The van der Waals surface area contributed by atoms with E-state index in [-0.39, 0.29) is 11.9 Å². The minimum Gasteiger partial charge on any atom is -0.460 e. The minimum absolute atomic E-state index is 0.0256. The zero-order valence-electron chi connectivity index (χ0n) is 8.26. The molecule has 0 spiro atoms. The molecule has 2 saturated carbocycles. The fourth-order valence-electron chi connectivity index (χ4n) is 2.07. The number of fused-ring (bicyclic) bond motifs is 1. The number of rotatable bonds is 1. The van der Waals surface area contributed by atoms with Gasteiger partial charge in [-0.25, -0.2) is 4.39 Å². The lowest BCUT2D eigenvalue weighted by molar-refractivity contribution is -0.167. The van der Waals surface area contributed by atoms with E-state index >= 15 is 0 Å². The summed E-state index contributed by atoms with van der Waals surface area (Å²) >= 11 is 0. The Morgan fingerprint density at radius 1 is 1.46 bits per heavy atom. The Hall–Kier alpha value is -0.600. The normalized spacial score (nSPS) is 41.8. The van der Waals surface area contributed by atoms with Crippen LogP contribution in [0.1, 0.15) is 33.6 Å². The Morgan fingerprint density at radius 3 is 2.38 bits per heavy atom. The second kappa shape index (κ2) is 2.25. The van der Waals surface area contributed by atoms with Crippen LogP contribution < -0.4 is 0 Å². The highest BCUT2D eigenvalue weighted by Crippen LogP contribution is 2.69. The molecule has 2 fully saturated rings. The third-order valence-electron chi connectivity index (χ3n) is 2.94. The van der Waals surface area contributed by atoms with Gasteiger partial charge in [-0.1, -0.05) is 0 Å². The van der Waals surface area contributed by atoms with Crippen molar-refractivity contribution in [1.82, 2.24) is 0 Å². The third kappa shape index (κ3) is 1.25. The van der Waals surface area contributed by atoms with E-state index in [1.807, 2.05) is 20.8 Å². The van der Waals surface area contributed by atoms with E-state index in [1.54, 1.807) is 0 Å². The average molecular weight is 186 g/mol. The summed E-state index contributed by atoms with van der Waals surface area (Å²) in [5.74, 6) is -0.221. The standard InChI is InChI=1S/C10H15FO2/c1-9(2,3)13-8(12)10-4-6(10)7(11)5-10/h6-7H,4-5H2,1-3H3/t6-,7+,10-/m1/s1. The van der Waals surface area contributed by atoms with Gasteiger partial charge in [-0.2, -0.15) is 0 Å². The number of hydrogen-bond acceptors (Lipinski definition) is 2. The predicted molar refractivity (Wildman–Crippen MR) is 45.9 cm³/mol. The van der Waals surface area contributed by atoms with Gasteiger partial charge < -0.3 is 4.74 Å². The highest BCUT2D eigenvalue weighted by Gasteiger charge is 2.73. The van der Waals surface area contributed by atoms with Crippen molar-refractivity contribution in [2.45, 2.75) is 45.4 Å². The summed E-state index contributed by atoms with van der Waals surface area (Å²) in [6.45, 7) is 5.51. The Kier molecular flexibility index (Phi) is 1.55. The fraction of sp³-hybridized carbons (Fsp3) is 0.900. The topological polar surface area (TPSA) is 26.3 Å². The van der Waals surface area contributed by atoms with E-state index < -0.39 is 17.2 Å². The molecule has 0 saturated heterocycles. The predicted octanol–water partition coefficient (Wildman–Crippen LogP) is 2.08. The molecule has 2 aliphatic carbocycles. The van der Waals surface area contributed by atoms with Gasteiger partial charge in [0.2, 0.25) is 0 Å². The zero-order valence-corrected chi connectivity index (χ0v) is 8.26. The number of halogens is 1. The van der Waals surface area contributed by atoms with Crippen molar-refractivity contribution >= 4 is 5.97 Å². The molecule has 3 heteroatoms. The smallest absolute Gasteiger partial charge is 0.313 e. The number of alkyl halides is 1. The van der Waals surface area contributed by atoms with Gasteiger partial charge in [-0.15, -0.1) is 0 Å². The molecular formula is C10H15FO2. The maximum atomic E-state index is 12.8. The number of carbonyl (C=O) groups is 1. The Morgan fingerprint density at radius 2 is 2.08 bits per heavy atom. The van der Waals surface area contributed by atoms with Crippen LogP contribution in [-0.4, -0.2) is 17.7 Å². The molecule has 0 aromatic carbocycles. The highest BCUT2D eigenvalue weighted by molar-refractivity contribution is 5.83. The number of hydrogen-bond donors (Lipinski definition) is 0. The molecule has 0 unspecified atom stereocenters. The molecule has 0 aliphatic heterocycles. The first-order chi connectivity index (χ1) is 5.85. The first-order valence-electron chi connectivity index (χ1n) is 4.73. The van der Waals surface area contributed by atoms with Gasteiger partial charge in [0.15, 0.2) is 0 Å². The summed E-state index contributed by atoms with van der Waals surface area (Å²) in [4.78, 5) is 11.6. The molecule has 2 nitrogen and oxygen atoms in total. The molecule has 0 aromatic rings. The quantitative estimate of drug-likeness (QED) is 0.586. The maximum Gasteiger partial charge on any atom is 0.313 e. The monoisotopic (exact) mass is 186 g/mol. The summed E-state index contributed by atoms with van der Waals surface area (Å²) in [7, 11) is 0. The number of carbonyl (C=O) groups excluding carboxylic acids is 1. The SMILES string of the molecule is CC(C)(C)OC(=O)[C@@]12C[C@@H]1[C@@H](F)C2. The Bertz CT molecular complexity index is 256. The molecular weight excluding hydrogens is 171 g/mol. The van der Waals surface area contributed by atoms with Crippen LogP contribution in [0.15, 0.2) is 0 Å². The average Bonchev–Trinajstić information content (AvgIpc) is 2.53. The second-order valence-corrected chi connectivity index (χ2v) is 5.19. The number of ether oxygens (including phenoxy) is 1. The van der Waals surface area contributed by atoms with Crippen LogP contribution in [0.25, 0.3) is 0 Å². The largest absolute Gasteiger partial charge is 0.460 e. The molecule has 2 rings (SSSR count). The lowest BCUT2D eigenvalue weighted by atomic mass is 9.83. The highest BCUT2D eigenvalue weighted by atomic mass is 19.1. The van der Waals surface area contributed by atoms with E-state index in [4.69, 9.17) is 4.74 Å². The van der Waals surface area contributed by atoms with Crippen molar-refractivity contribution in [2.24, 2.45) is 11.3 Å². The van der Waals surface area contributed by atoms with E-state index in [9.17, 15) is 9.18 Å². The lowest BCUT2D eigenvalue weighted by Crippen LogP contribution is -2.39. The van der Waals surface area contributed by atoms with Gasteiger partial charge in [0.25, 0.3) is 0 Å². The van der Waals surface area contributed by atoms with Crippen LogP contribution >= 0.6 is 0 Å². The summed E-state index contributed by atoms with van der Waals surface area (Å²) in [5.41, 5.74) is -0.854. The van der Waals surface area contributed by atoms with Gasteiger partial charge in [0.1, 0.15) is 11.8 Å². The van der Waals surface area contributed by atoms with Crippen LogP contribution in [0.3, 0.4) is 0 Å². The lowest BCUT2D eigenvalue weighted by Gasteiger charge is -2.30. The Labute approximate surface area is 77.5 Å². The molecule has 2 aliphatic rings. The van der Waals surface area contributed by atoms with Crippen LogP contribution in [0.2, 0.25) is 0 Å². The van der Waals surface area contributed by atoms with E-state index in [0.29, 0.717) is 12.8 Å². The van der Waals surface area contributed by atoms with Crippen molar-refractivity contribution in [3.05, 3.63) is 0 Å². The van der Waals surface area contributed by atoms with Gasteiger partial charge >= 0.3 is 5.97 Å². The van der Waals surface area contributed by atoms with Crippen molar-refractivity contribution < 1.29 is 13.9 Å². The summed E-state index contributed by atoms with van der Waals surface area (Å²) < 4.78 is 18.0. The van der Waals surface area contributed by atoms with E-state index in [1.165, 1.54) is 0 Å². The van der Waals surface area contributed by atoms with Crippen molar-refractivity contribution in [3.8, 4) is 0 Å². The molecule has 0 aromatic heterocycles. The van der Waals surface area contributed by atoms with Gasteiger partial charge in [-0.05, 0) is 33.6 Å². The molecule has 0 bridgehead atoms. The van der Waals surface area contributed by atoms with Crippen LogP contribution in [0.5, 0.6) is 0 Å². The molecule has 0 heterocycles. The van der Waals surface area contributed by atoms with Crippen LogP contribution in [0, 0.1) is 11.3 Å². The first-order valence-corrected chi connectivity index (χ1v) is 4.73. The molecule has 3 atom stereocenters. The minimum atomic E-state index is -0.757. The van der Waals surface area contributed by atoms with Crippen LogP contribution in [0.4, 0.5) is 4.39 Å². The van der Waals surface area contributed by atoms with Gasteiger partial charge in [0.05, 0.1) is 5.41 Å². The molecule has 0 amide bonds. The first kappa shape index (κ1) is 8.97. The number of esters is 1. The molecule has 74 valence electrons. The molecule has 0 N–H and O–H groups in total. The van der Waals surface area contributed by atoms with Crippen LogP contribution in [-0.2, 0) is 9.53 Å². The van der Waals surface area contributed by atoms with Gasteiger partial charge in [0, 0.05) is 5.92 Å². The van der Waals surface area contributed by atoms with Gasteiger partial charge in [-0.3, -0.25) is 4.79 Å².